The van der Waals surface area contributed by atoms with Gasteiger partial charge in [0.1, 0.15) is 5.75 Å². The molecule has 1 aromatic carbocycles. The highest BCUT2D eigenvalue weighted by atomic mass is 16.3. The number of hydrogen-bond acceptors (Lipinski definition) is 2. The van der Waals surface area contributed by atoms with Crippen LogP contribution in [0.2, 0.25) is 0 Å². The van der Waals surface area contributed by atoms with Crippen LogP contribution in [-0.2, 0) is 4.79 Å². The van der Waals surface area contributed by atoms with E-state index in [2.05, 4.69) is 5.32 Å². The topological polar surface area (TPSA) is 49.3 Å². The maximum Gasteiger partial charge on any atom is 0.221 e. The Balaban J connectivity index is 2.74. The molecule has 1 aromatic rings. The highest BCUT2D eigenvalue weighted by Crippen LogP contribution is 2.13. The number of rotatable bonds is 1. The lowest BCUT2D eigenvalue weighted by Crippen LogP contribution is -2.04. The zero-order chi connectivity index (χ0) is 8.27. The van der Waals surface area contributed by atoms with Gasteiger partial charge in [-0.15, -0.1) is 0 Å². The molecule has 3 heteroatoms. The maximum absolute atomic E-state index is 10.5. The van der Waals surface area contributed by atoms with Gasteiger partial charge in [-0.05, 0) is 24.3 Å². The monoisotopic (exact) mass is 152 g/mol. The Kier molecular flexibility index (Phi) is 2.11. The first-order chi connectivity index (χ1) is 5.18. The van der Waals surface area contributed by atoms with Gasteiger partial charge in [-0.3, -0.25) is 4.79 Å². The molecule has 0 aliphatic carbocycles. The molecule has 0 aliphatic heterocycles. The molecule has 0 aromatic heterocycles. The third kappa shape index (κ3) is 2.29. The van der Waals surface area contributed by atoms with Crippen molar-refractivity contribution >= 4 is 11.6 Å². The lowest BCUT2D eigenvalue weighted by atomic mass is 10.3. The summed E-state index contributed by atoms with van der Waals surface area (Å²) in [6.07, 6.45) is 0. The lowest BCUT2D eigenvalue weighted by Gasteiger charge is -1.99. The fraction of sp³-hybridized carbons (Fsp3) is 0.125. The van der Waals surface area contributed by atoms with Crippen LogP contribution in [0.25, 0.3) is 0 Å². The molecule has 0 saturated carbocycles. The van der Waals surface area contributed by atoms with Crippen LogP contribution in [0.3, 0.4) is 0 Å². The van der Waals surface area contributed by atoms with Crippen molar-refractivity contribution in [2.24, 2.45) is 0 Å². The molecule has 0 atom stereocenters. The molecule has 2 N–H and O–H groups in total. The Morgan fingerprint density at radius 1 is 1.36 bits per heavy atom. The Morgan fingerprint density at radius 2 is 1.91 bits per heavy atom. The highest BCUT2D eigenvalue weighted by molar-refractivity contribution is 5.88. The second-order valence-corrected chi connectivity index (χ2v) is 2.23. The molecule has 0 saturated heterocycles. The fourth-order valence-corrected chi connectivity index (χ4v) is 0.748. The minimum Gasteiger partial charge on any atom is -0.508 e. The van der Waals surface area contributed by atoms with Gasteiger partial charge < -0.3 is 10.4 Å². The van der Waals surface area contributed by atoms with Crippen LogP contribution in [0.1, 0.15) is 6.92 Å². The lowest BCUT2D eigenvalue weighted by molar-refractivity contribution is -0.114. The first kappa shape index (κ1) is 7.60. The molecule has 0 heterocycles. The first-order valence-corrected chi connectivity index (χ1v) is 3.25. The number of amides is 1. The molecule has 0 aliphatic rings. The van der Waals surface area contributed by atoms with Crippen LogP contribution in [0.5, 0.6) is 5.75 Å². The van der Waals surface area contributed by atoms with E-state index in [0.29, 0.717) is 5.69 Å². The van der Waals surface area contributed by atoms with Crippen LogP contribution in [0.15, 0.2) is 24.3 Å². The Bertz CT molecular complexity index is 253. The van der Waals surface area contributed by atoms with Crippen molar-refractivity contribution in [2.45, 2.75) is 6.92 Å². The summed E-state index contributed by atoms with van der Waals surface area (Å²) in [5, 5.41) is 11.5. The fourth-order valence-electron chi connectivity index (χ4n) is 0.748. The summed E-state index contributed by atoms with van der Waals surface area (Å²) in [5.41, 5.74) is 0.690. The van der Waals surface area contributed by atoms with Crippen molar-refractivity contribution in [1.29, 1.82) is 0 Å². The predicted octanol–water partition coefficient (Wildman–Crippen LogP) is 1.35. The minimum absolute atomic E-state index is 0.115. The summed E-state index contributed by atoms with van der Waals surface area (Å²) in [6.45, 7) is 1.44. The number of benzene rings is 1. The van der Waals surface area contributed by atoms with Crippen LogP contribution >= 0.6 is 0 Å². The van der Waals surface area contributed by atoms with Crippen molar-refractivity contribution in [3.63, 3.8) is 0 Å². The van der Waals surface area contributed by atoms with Gasteiger partial charge in [-0.1, -0.05) is 0 Å². The van der Waals surface area contributed by atoms with E-state index in [9.17, 15) is 4.79 Å². The largest absolute Gasteiger partial charge is 0.508 e. The molecule has 3 nitrogen and oxygen atoms in total. The van der Waals surface area contributed by atoms with E-state index in [0.717, 1.165) is 0 Å². The molecule has 0 unspecified atom stereocenters. The number of phenols is 1. The van der Waals surface area contributed by atoms with Gasteiger partial charge in [-0.2, -0.15) is 0 Å². The summed E-state index contributed by atoms with van der Waals surface area (Å²) in [7, 11) is 0. The SMILES string of the molecule is CC(=O)[15NH]c1ccc(O)cc1. The van der Waals surface area contributed by atoms with Crippen LogP contribution in [-0.4, -0.2) is 11.0 Å². The number of nitrogens with one attached hydrogen (secondary N) is 1. The number of phenolic OH excluding ortho intramolecular Hbond substituents is 1. The van der Waals surface area contributed by atoms with Gasteiger partial charge in [0.15, 0.2) is 0 Å². The number of aromatic hydroxyl groups is 1. The Labute approximate surface area is 64.7 Å². The van der Waals surface area contributed by atoms with Gasteiger partial charge in [0.05, 0.1) is 0 Å². The third-order valence-electron chi connectivity index (χ3n) is 1.19. The number of carbonyl (C=O) groups excluding carboxylic acids is 1. The van der Waals surface area contributed by atoms with E-state index >= 15 is 0 Å². The van der Waals surface area contributed by atoms with Crippen LogP contribution in [0, 0.1) is 0 Å². The van der Waals surface area contributed by atoms with E-state index in [1.54, 1.807) is 12.1 Å². The molecule has 58 valence electrons. The van der Waals surface area contributed by atoms with Crippen LogP contribution < -0.4 is 5.32 Å². The molecular weight excluding hydrogens is 143 g/mol. The quantitative estimate of drug-likeness (QED) is 0.471. The molecule has 0 radical (unpaired) electrons. The zero-order valence-electron chi connectivity index (χ0n) is 6.16. The summed E-state index contributed by atoms with van der Waals surface area (Å²) >= 11 is 0. The molecule has 1 amide bonds. The average Bonchev–Trinajstić information content (AvgIpc) is 1.93. The van der Waals surface area contributed by atoms with Crippen molar-refractivity contribution in [1.82, 2.24) is 0 Å². The smallest absolute Gasteiger partial charge is 0.221 e. The first-order valence-electron chi connectivity index (χ1n) is 3.25. The Hall–Kier alpha value is -1.51. The summed E-state index contributed by atoms with van der Waals surface area (Å²) in [4.78, 5) is 10.5. The third-order valence-corrected chi connectivity index (χ3v) is 1.19. The molecule has 11 heavy (non-hydrogen) atoms. The van der Waals surface area contributed by atoms with Gasteiger partial charge in [0, 0.05) is 12.6 Å². The van der Waals surface area contributed by atoms with E-state index in [1.165, 1.54) is 19.1 Å². The van der Waals surface area contributed by atoms with Gasteiger partial charge in [0.2, 0.25) is 5.91 Å². The van der Waals surface area contributed by atoms with E-state index in [-0.39, 0.29) is 11.7 Å². The van der Waals surface area contributed by atoms with Gasteiger partial charge in [0.25, 0.3) is 0 Å². The second-order valence-electron chi connectivity index (χ2n) is 2.23. The summed E-state index contributed by atoms with van der Waals surface area (Å²) in [6, 6.07) is 6.31. The van der Waals surface area contributed by atoms with Gasteiger partial charge >= 0.3 is 0 Å². The van der Waals surface area contributed by atoms with Crippen LogP contribution in [0.4, 0.5) is 5.69 Å². The molecular formula is C8H9NO2. The molecule has 1 rings (SSSR count). The van der Waals surface area contributed by atoms with Crippen molar-refractivity contribution < 1.29 is 9.90 Å². The normalized spacial score (nSPS) is 9.18. The van der Waals surface area contributed by atoms with E-state index in [1.807, 2.05) is 0 Å². The zero-order valence-corrected chi connectivity index (χ0v) is 6.16. The van der Waals surface area contributed by atoms with Crippen molar-refractivity contribution in [3.8, 4) is 5.75 Å². The highest BCUT2D eigenvalue weighted by Gasteiger charge is 1.93. The minimum atomic E-state index is -0.115. The van der Waals surface area contributed by atoms with E-state index < -0.39 is 0 Å². The second kappa shape index (κ2) is 3.05. The molecule has 0 spiro atoms. The summed E-state index contributed by atoms with van der Waals surface area (Å²) < 4.78 is 0. The van der Waals surface area contributed by atoms with E-state index in [4.69, 9.17) is 5.11 Å². The standard InChI is InChI=1S/C8H9NO2/c1-6(10)9-7-2-4-8(11)5-3-7/h2-5,11H,1H3,(H,9,10)/i9+1. The van der Waals surface area contributed by atoms with Gasteiger partial charge in [-0.25, -0.2) is 0 Å². The Morgan fingerprint density at radius 3 is 2.36 bits per heavy atom. The number of carbonyl (C=O) groups is 1. The average molecular weight is 152 g/mol. The predicted molar refractivity (Wildman–Crippen MR) is 42.4 cm³/mol. The molecule has 0 fully saturated rings. The number of hydrogen-bond donors (Lipinski definition) is 2. The van der Waals surface area contributed by atoms with Crippen molar-refractivity contribution in [3.05, 3.63) is 24.3 Å². The van der Waals surface area contributed by atoms with Crippen molar-refractivity contribution in [2.75, 3.05) is 5.32 Å². The molecule has 0 bridgehead atoms. The summed E-state index contributed by atoms with van der Waals surface area (Å²) in [5.74, 6) is 0.0785. The maximum atomic E-state index is 10.5. The number of anilines is 1.